The predicted octanol–water partition coefficient (Wildman–Crippen LogP) is 6.68. The lowest BCUT2D eigenvalue weighted by Crippen LogP contribution is -2.13. The van der Waals surface area contributed by atoms with E-state index in [4.69, 9.17) is 11.6 Å². The number of carbonyl (C=O) groups excluding carboxylic acids is 1. The predicted molar refractivity (Wildman–Crippen MR) is 110 cm³/mol. The van der Waals surface area contributed by atoms with Crippen molar-refractivity contribution in [3.8, 4) is 0 Å². The van der Waals surface area contributed by atoms with Gasteiger partial charge in [-0.1, -0.05) is 48.1 Å². The van der Waals surface area contributed by atoms with Gasteiger partial charge in [0, 0.05) is 11.4 Å². The summed E-state index contributed by atoms with van der Waals surface area (Å²) in [6, 6.07) is 11.0. The van der Waals surface area contributed by atoms with Crippen LogP contribution in [0.2, 0.25) is 5.02 Å². The molecule has 1 aromatic heterocycles. The van der Waals surface area contributed by atoms with Gasteiger partial charge in [-0.05, 0) is 43.2 Å². The van der Waals surface area contributed by atoms with Crippen molar-refractivity contribution >= 4 is 45.4 Å². The number of thiazole rings is 1. The van der Waals surface area contributed by atoms with Gasteiger partial charge in [-0.15, -0.1) is 0 Å². The molecule has 2 N–H and O–H groups in total. The number of hydrogen-bond donors (Lipinski definition) is 2. The molecular formula is C20H17ClF3N3OS. The summed E-state index contributed by atoms with van der Waals surface area (Å²) >= 11 is 6.75. The third-order valence-corrected chi connectivity index (χ3v) is 5.57. The summed E-state index contributed by atoms with van der Waals surface area (Å²) in [6.45, 7) is 3.71. The van der Waals surface area contributed by atoms with Crippen LogP contribution in [-0.2, 0) is 12.6 Å². The number of para-hydroxylation sites is 1. The number of nitrogens with one attached hydrogen (secondary N) is 2. The van der Waals surface area contributed by atoms with Crippen LogP contribution in [0.25, 0.3) is 0 Å². The van der Waals surface area contributed by atoms with E-state index in [1.54, 1.807) is 6.92 Å². The van der Waals surface area contributed by atoms with Gasteiger partial charge in [-0.3, -0.25) is 4.79 Å². The average Bonchev–Trinajstić information content (AvgIpc) is 3.03. The van der Waals surface area contributed by atoms with Gasteiger partial charge in [-0.25, -0.2) is 4.98 Å². The van der Waals surface area contributed by atoms with Gasteiger partial charge < -0.3 is 10.6 Å². The summed E-state index contributed by atoms with van der Waals surface area (Å²) < 4.78 is 39.0. The van der Waals surface area contributed by atoms with Crippen LogP contribution in [0.5, 0.6) is 0 Å². The Morgan fingerprint density at radius 3 is 2.62 bits per heavy atom. The second kappa shape index (κ2) is 8.42. The molecule has 2 aromatic carbocycles. The number of aryl methyl sites for hydroxylation is 2. The maximum absolute atomic E-state index is 13.0. The Labute approximate surface area is 174 Å². The number of nitrogens with zero attached hydrogens (tertiary/aromatic N) is 1. The van der Waals surface area contributed by atoms with Crippen molar-refractivity contribution in [2.45, 2.75) is 26.4 Å². The molecule has 29 heavy (non-hydrogen) atoms. The zero-order valence-electron chi connectivity index (χ0n) is 15.5. The van der Waals surface area contributed by atoms with Crippen molar-refractivity contribution in [3.63, 3.8) is 0 Å². The first-order chi connectivity index (χ1) is 13.7. The molecule has 3 rings (SSSR count). The van der Waals surface area contributed by atoms with Crippen molar-refractivity contribution in [1.82, 2.24) is 4.98 Å². The normalized spacial score (nSPS) is 11.4. The molecule has 0 fully saturated rings. The van der Waals surface area contributed by atoms with Crippen LogP contribution in [0.3, 0.4) is 0 Å². The van der Waals surface area contributed by atoms with Gasteiger partial charge in [0.25, 0.3) is 5.91 Å². The Hall–Kier alpha value is -2.58. The van der Waals surface area contributed by atoms with E-state index < -0.39 is 22.7 Å². The molecule has 0 aliphatic carbocycles. The first kappa shape index (κ1) is 21.1. The lowest BCUT2D eigenvalue weighted by molar-refractivity contribution is -0.137. The van der Waals surface area contributed by atoms with Gasteiger partial charge in [0.05, 0.1) is 16.3 Å². The van der Waals surface area contributed by atoms with Crippen molar-refractivity contribution in [2.75, 3.05) is 10.6 Å². The van der Waals surface area contributed by atoms with E-state index in [2.05, 4.69) is 15.6 Å². The molecule has 3 aromatic rings. The molecule has 1 heterocycles. The summed E-state index contributed by atoms with van der Waals surface area (Å²) in [4.78, 5) is 17.3. The van der Waals surface area contributed by atoms with E-state index in [9.17, 15) is 18.0 Å². The monoisotopic (exact) mass is 439 g/mol. The van der Waals surface area contributed by atoms with Gasteiger partial charge in [-0.2, -0.15) is 13.2 Å². The minimum Gasteiger partial charge on any atom is -0.331 e. The molecule has 0 saturated carbocycles. The highest BCUT2D eigenvalue weighted by molar-refractivity contribution is 7.17. The molecule has 0 saturated heterocycles. The van der Waals surface area contributed by atoms with Crippen LogP contribution < -0.4 is 10.6 Å². The quantitative estimate of drug-likeness (QED) is 0.466. The molecule has 0 aliphatic heterocycles. The third kappa shape index (κ3) is 4.89. The highest BCUT2D eigenvalue weighted by atomic mass is 35.5. The topological polar surface area (TPSA) is 54.0 Å². The Morgan fingerprint density at radius 2 is 1.93 bits per heavy atom. The minimum atomic E-state index is -4.61. The second-order valence-electron chi connectivity index (χ2n) is 6.22. The number of hydrogen-bond acceptors (Lipinski definition) is 4. The number of benzene rings is 2. The minimum absolute atomic E-state index is 0.00497. The number of amides is 1. The number of anilines is 3. The van der Waals surface area contributed by atoms with E-state index >= 15 is 0 Å². The van der Waals surface area contributed by atoms with Gasteiger partial charge in [0.15, 0.2) is 5.13 Å². The molecule has 1 amide bonds. The number of carbonyl (C=O) groups is 1. The lowest BCUT2D eigenvalue weighted by atomic mass is 10.1. The Bertz CT molecular complexity index is 1050. The van der Waals surface area contributed by atoms with Crippen molar-refractivity contribution in [3.05, 3.63) is 69.2 Å². The fraction of sp³-hybridized carbons (Fsp3) is 0.200. The first-order valence-corrected chi connectivity index (χ1v) is 9.89. The number of halogens is 4. The Kier molecular flexibility index (Phi) is 6.14. The maximum Gasteiger partial charge on any atom is 0.417 e. The third-order valence-electron chi connectivity index (χ3n) is 4.17. The zero-order valence-corrected chi connectivity index (χ0v) is 17.1. The highest BCUT2D eigenvalue weighted by Gasteiger charge is 2.33. The molecule has 0 radical (unpaired) electrons. The zero-order chi connectivity index (χ0) is 21.2. The van der Waals surface area contributed by atoms with E-state index in [-0.39, 0.29) is 5.69 Å². The fourth-order valence-corrected chi connectivity index (χ4v) is 3.83. The summed E-state index contributed by atoms with van der Waals surface area (Å²) in [5.41, 5.74) is 1.48. The van der Waals surface area contributed by atoms with Crippen LogP contribution in [0.4, 0.5) is 29.7 Å². The van der Waals surface area contributed by atoms with Crippen LogP contribution in [-0.4, -0.2) is 10.9 Å². The maximum atomic E-state index is 13.0. The summed E-state index contributed by atoms with van der Waals surface area (Å²) in [5, 5.41) is 5.79. The molecule has 0 atom stereocenters. The molecule has 9 heteroatoms. The molecule has 0 bridgehead atoms. The summed E-state index contributed by atoms with van der Waals surface area (Å²) in [6.07, 6.45) is -3.78. The molecule has 152 valence electrons. The van der Waals surface area contributed by atoms with Crippen molar-refractivity contribution in [2.24, 2.45) is 0 Å². The first-order valence-electron chi connectivity index (χ1n) is 8.69. The second-order valence-corrected chi connectivity index (χ2v) is 7.62. The van der Waals surface area contributed by atoms with E-state index in [0.29, 0.717) is 15.7 Å². The average molecular weight is 440 g/mol. The Balaban J connectivity index is 1.81. The fourth-order valence-electron chi connectivity index (χ4n) is 2.73. The molecule has 0 unspecified atom stereocenters. The van der Waals surface area contributed by atoms with E-state index in [1.807, 2.05) is 31.2 Å². The van der Waals surface area contributed by atoms with Gasteiger partial charge in [0.2, 0.25) is 0 Å². The highest BCUT2D eigenvalue weighted by Crippen LogP contribution is 2.36. The SMILES string of the molecule is CCc1ccccc1Nc1nc(C)c(C(=O)Nc2ccc(Cl)c(C(F)(F)F)c2)s1. The van der Waals surface area contributed by atoms with Gasteiger partial charge in [0.1, 0.15) is 4.88 Å². The van der Waals surface area contributed by atoms with E-state index in [1.165, 1.54) is 6.07 Å². The summed E-state index contributed by atoms with van der Waals surface area (Å²) in [5.74, 6) is -0.535. The standard InChI is InChI=1S/C20H17ClF3N3OS/c1-3-12-6-4-5-7-16(12)27-19-25-11(2)17(29-19)18(28)26-13-8-9-15(21)14(10-13)20(22,23)24/h4-10H,3H2,1-2H3,(H,25,27)(H,26,28). The van der Waals surface area contributed by atoms with Crippen LogP contribution in [0, 0.1) is 6.92 Å². The van der Waals surface area contributed by atoms with Crippen molar-refractivity contribution in [1.29, 1.82) is 0 Å². The molecule has 0 spiro atoms. The van der Waals surface area contributed by atoms with Crippen LogP contribution in [0.15, 0.2) is 42.5 Å². The molecule has 0 aliphatic rings. The number of rotatable bonds is 5. The number of aromatic nitrogens is 1. The molecule has 4 nitrogen and oxygen atoms in total. The largest absolute Gasteiger partial charge is 0.417 e. The van der Waals surface area contributed by atoms with Gasteiger partial charge >= 0.3 is 6.18 Å². The smallest absolute Gasteiger partial charge is 0.331 e. The summed E-state index contributed by atoms with van der Waals surface area (Å²) in [7, 11) is 0. The van der Waals surface area contributed by atoms with Crippen LogP contribution in [0.1, 0.15) is 33.4 Å². The van der Waals surface area contributed by atoms with Crippen molar-refractivity contribution < 1.29 is 18.0 Å². The molecular weight excluding hydrogens is 423 g/mol. The number of alkyl halides is 3. The van der Waals surface area contributed by atoms with E-state index in [0.717, 1.165) is 41.1 Å². The lowest BCUT2D eigenvalue weighted by Gasteiger charge is -2.11. The van der Waals surface area contributed by atoms with Crippen LogP contribution >= 0.6 is 22.9 Å². The Morgan fingerprint density at radius 1 is 1.21 bits per heavy atom.